The molecule has 2 aromatic carbocycles. The lowest BCUT2D eigenvalue weighted by Gasteiger charge is -2.43. The molecule has 1 spiro atoms. The van der Waals surface area contributed by atoms with Gasteiger partial charge in [-0.25, -0.2) is 4.79 Å². The Labute approximate surface area is 181 Å². The van der Waals surface area contributed by atoms with E-state index < -0.39 is 0 Å². The summed E-state index contributed by atoms with van der Waals surface area (Å²) in [6, 6.07) is 14.8. The quantitative estimate of drug-likeness (QED) is 0.642. The SMILES string of the molecule is O=C(Nc1ccc(Br)cc1)N1CCC2(CC1)SCC(=O)N2c1ccc(Cl)cc1. The van der Waals surface area contributed by atoms with Crippen LogP contribution in [0, 0.1) is 0 Å². The van der Waals surface area contributed by atoms with Crippen LogP contribution in [-0.4, -0.2) is 40.6 Å². The Morgan fingerprint density at radius 3 is 2.36 bits per heavy atom. The van der Waals surface area contributed by atoms with Crippen LogP contribution in [0.3, 0.4) is 0 Å². The molecule has 2 aromatic rings. The highest BCUT2D eigenvalue weighted by atomic mass is 79.9. The molecule has 1 N–H and O–H groups in total. The van der Waals surface area contributed by atoms with E-state index in [0.717, 1.165) is 28.7 Å². The van der Waals surface area contributed by atoms with Gasteiger partial charge in [0.05, 0.1) is 10.6 Å². The maximum Gasteiger partial charge on any atom is 0.321 e. The zero-order chi connectivity index (χ0) is 19.7. The molecule has 3 amide bonds. The third-order valence-corrected chi connectivity index (χ3v) is 7.43. The van der Waals surface area contributed by atoms with Gasteiger partial charge >= 0.3 is 6.03 Å². The minimum Gasteiger partial charge on any atom is -0.324 e. The molecule has 8 heteroatoms. The first-order valence-corrected chi connectivity index (χ1v) is 11.2. The summed E-state index contributed by atoms with van der Waals surface area (Å²) in [7, 11) is 0. The van der Waals surface area contributed by atoms with E-state index in [0.29, 0.717) is 23.9 Å². The Morgan fingerprint density at radius 2 is 1.71 bits per heavy atom. The summed E-state index contributed by atoms with van der Waals surface area (Å²) in [6.07, 6.45) is 1.47. The largest absolute Gasteiger partial charge is 0.324 e. The lowest BCUT2D eigenvalue weighted by molar-refractivity contribution is -0.116. The molecule has 2 aliphatic heterocycles. The average molecular weight is 481 g/mol. The van der Waals surface area contributed by atoms with Crippen molar-refractivity contribution in [1.29, 1.82) is 0 Å². The number of urea groups is 1. The first kappa shape index (κ1) is 19.6. The number of nitrogens with one attached hydrogen (secondary N) is 1. The number of benzene rings is 2. The molecule has 0 bridgehead atoms. The molecule has 5 nitrogen and oxygen atoms in total. The van der Waals surface area contributed by atoms with Crippen molar-refractivity contribution < 1.29 is 9.59 Å². The van der Waals surface area contributed by atoms with Crippen LogP contribution < -0.4 is 10.2 Å². The molecule has 28 heavy (non-hydrogen) atoms. The van der Waals surface area contributed by atoms with E-state index in [9.17, 15) is 9.59 Å². The van der Waals surface area contributed by atoms with E-state index in [4.69, 9.17) is 11.6 Å². The van der Waals surface area contributed by atoms with Crippen molar-refractivity contribution in [2.45, 2.75) is 17.7 Å². The van der Waals surface area contributed by atoms with Crippen LogP contribution in [0.15, 0.2) is 53.0 Å². The van der Waals surface area contributed by atoms with Crippen LogP contribution in [0.1, 0.15) is 12.8 Å². The van der Waals surface area contributed by atoms with Crippen LogP contribution >= 0.6 is 39.3 Å². The minimum absolute atomic E-state index is 0.107. The second kappa shape index (κ2) is 7.97. The maximum atomic E-state index is 12.6. The smallest absolute Gasteiger partial charge is 0.321 e. The van der Waals surface area contributed by atoms with Crippen molar-refractivity contribution in [3.63, 3.8) is 0 Å². The summed E-state index contributed by atoms with van der Waals surface area (Å²) < 4.78 is 0.968. The van der Waals surface area contributed by atoms with Crippen LogP contribution in [0.4, 0.5) is 16.2 Å². The van der Waals surface area contributed by atoms with Crippen molar-refractivity contribution in [3.05, 3.63) is 58.0 Å². The van der Waals surface area contributed by atoms with Gasteiger partial charge in [-0.3, -0.25) is 9.69 Å². The maximum absolute atomic E-state index is 12.6. The number of nitrogens with zero attached hydrogens (tertiary/aromatic N) is 2. The number of hydrogen-bond donors (Lipinski definition) is 1. The monoisotopic (exact) mass is 479 g/mol. The highest BCUT2D eigenvalue weighted by molar-refractivity contribution is 9.10. The number of carbonyl (C=O) groups is 2. The molecule has 146 valence electrons. The van der Waals surface area contributed by atoms with E-state index in [1.165, 1.54) is 0 Å². The Bertz CT molecular complexity index is 883. The Kier molecular flexibility index (Phi) is 5.58. The molecular formula is C20H19BrClN3O2S. The standard InChI is InChI=1S/C20H19BrClN3O2S/c21-14-1-5-16(6-2-14)23-19(27)24-11-9-20(10-12-24)25(18(26)13-28-20)17-7-3-15(22)4-8-17/h1-8H,9-13H2,(H,23,27). The third kappa shape index (κ3) is 3.88. The fourth-order valence-corrected chi connectivity index (χ4v) is 5.40. The number of piperidine rings is 1. The van der Waals surface area contributed by atoms with Crippen molar-refractivity contribution in [3.8, 4) is 0 Å². The minimum atomic E-state index is -0.292. The van der Waals surface area contributed by atoms with E-state index in [1.54, 1.807) is 11.8 Å². The lowest BCUT2D eigenvalue weighted by Crippen LogP contribution is -2.53. The molecule has 2 saturated heterocycles. The third-order valence-electron chi connectivity index (χ3n) is 5.13. The summed E-state index contributed by atoms with van der Waals surface area (Å²) in [5, 5.41) is 3.59. The molecule has 0 saturated carbocycles. The highest BCUT2D eigenvalue weighted by Gasteiger charge is 2.49. The number of carbonyl (C=O) groups excluding carboxylic acids is 2. The summed E-state index contributed by atoms with van der Waals surface area (Å²) in [5.41, 5.74) is 1.63. The molecule has 0 unspecified atom stereocenters. The molecule has 0 aromatic heterocycles. The number of amides is 3. The molecule has 2 aliphatic rings. The van der Waals surface area contributed by atoms with Gasteiger partial charge in [-0.15, -0.1) is 11.8 Å². The van der Waals surface area contributed by atoms with Crippen molar-refractivity contribution in [1.82, 2.24) is 4.90 Å². The number of anilines is 2. The number of thioether (sulfide) groups is 1. The first-order valence-electron chi connectivity index (χ1n) is 9.01. The number of hydrogen-bond acceptors (Lipinski definition) is 3. The molecule has 2 heterocycles. The number of halogens is 2. The van der Waals surface area contributed by atoms with E-state index >= 15 is 0 Å². The molecule has 0 atom stereocenters. The van der Waals surface area contributed by atoms with Crippen LogP contribution in [-0.2, 0) is 4.79 Å². The molecule has 2 fully saturated rings. The normalized spacial score (nSPS) is 18.6. The van der Waals surface area contributed by atoms with E-state index in [1.807, 2.05) is 58.3 Å². The first-order chi connectivity index (χ1) is 13.5. The highest BCUT2D eigenvalue weighted by Crippen LogP contribution is 2.46. The summed E-state index contributed by atoms with van der Waals surface area (Å²) in [4.78, 5) is 28.6. The summed E-state index contributed by atoms with van der Waals surface area (Å²) in [6.45, 7) is 1.21. The predicted octanol–water partition coefficient (Wildman–Crippen LogP) is 5.21. The van der Waals surface area contributed by atoms with Gasteiger partial charge in [0.15, 0.2) is 0 Å². The van der Waals surface area contributed by atoms with Crippen molar-refractivity contribution in [2.75, 3.05) is 29.1 Å². The van der Waals surface area contributed by atoms with Crippen molar-refractivity contribution in [2.24, 2.45) is 0 Å². The van der Waals surface area contributed by atoms with Gasteiger partial charge in [0.2, 0.25) is 5.91 Å². The van der Waals surface area contributed by atoms with Crippen LogP contribution in [0.5, 0.6) is 0 Å². The summed E-state index contributed by atoms with van der Waals surface area (Å²) in [5.74, 6) is 0.577. The second-order valence-electron chi connectivity index (χ2n) is 6.86. The topological polar surface area (TPSA) is 52.7 Å². The van der Waals surface area contributed by atoms with Crippen molar-refractivity contribution >= 4 is 62.6 Å². The van der Waals surface area contributed by atoms with E-state index in [2.05, 4.69) is 21.2 Å². The molecular weight excluding hydrogens is 462 g/mol. The van der Waals surface area contributed by atoms with Gasteiger partial charge in [0.1, 0.15) is 0 Å². The lowest BCUT2D eigenvalue weighted by atomic mass is 10.0. The van der Waals surface area contributed by atoms with Gasteiger partial charge < -0.3 is 10.2 Å². The fraction of sp³-hybridized carbons (Fsp3) is 0.300. The van der Waals surface area contributed by atoms with Gasteiger partial charge in [-0.05, 0) is 61.4 Å². The number of likely N-dealkylation sites (tertiary alicyclic amines) is 1. The predicted molar refractivity (Wildman–Crippen MR) is 118 cm³/mol. The zero-order valence-electron chi connectivity index (χ0n) is 15.0. The Morgan fingerprint density at radius 1 is 1.07 bits per heavy atom. The fourth-order valence-electron chi connectivity index (χ4n) is 3.68. The Hall–Kier alpha value is -1.70. The zero-order valence-corrected chi connectivity index (χ0v) is 18.2. The Balaban J connectivity index is 1.44. The van der Waals surface area contributed by atoms with Gasteiger partial charge in [0, 0.05) is 34.0 Å². The van der Waals surface area contributed by atoms with Gasteiger partial charge in [-0.2, -0.15) is 0 Å². The number of rotatable bonds is 2. The average Bonchev–Trinajstić information content (AvgIpc) is 3.01. The molecule has 4 rings (SSSR count). The molecule has 0 radical (unpaired) electrons. The van der Waals surface area contributed by atoms with Gasteiger partial charge in [0.25, 0.3) is 0 Å². The van der Waals surface area contributed by atoms with Gasteiger partial charge in [-0.1, -0.05) is 27.5 Å². The van der Waals surface area contributed by atoms with E-state index in [-0.39, 0.29) is 16.8 Å². The molecule has 0 aliphatic carbocycles. The van der Waals surface area contributed by atoms with Crippen LogP contribution in [0.2, 0.25) is 5.02 Å². The second-order valence-corrected chi connectivity index (χ2v) is 9.55. The summed E-state index contributed by atoms with van der Waals surface area (Å²) >= 11 is 11.1. The van der Waals surface area contributed by atoms with Crippen LogP contribution in [0.25, 0.3) is 0 Å².